The molecule has 1 N–H and O–H groups in total. The molecule has 0 radical (unpaired) electrons. The Hall–Kier alpha value is -3.73. The molecule has 0 bridgehead atoms. The van der Waals surface area contributed by atoms with Gasteiger partial charge < -0.3 is 5.32 Å². The van der Waals surface area contributed by atoms with Gasteiger partial charge in [0.2, 0.25) is 0 Å². The van der Waals surface area contributed by atoms with Crippen LogP contribution in [0.2, 0.25) is 0 Å². The van der Waals surface area contributed by atoms with E-state index in [-0.39, 0.29) is 5.91 Å². The maximum atomic E-state index is 12.9. The van der Waals surface area contributed by atoms with Crippen molar-refractivity contribution in [2.45, 2.75) is 19.3 Å². The van der Waals surface area contributed by atoms with Gasteiger partial charge in [-0.15, -0.1) is 0 Å². The van der Waals surface area contributed by atoms with Gasteiger partial charge in [0, 0.05) is 30.7 Å². The predicted octanol–water partition coefficient (Wildman–Crippen LogP) is 4.69. The summed E-state index contributed by atoms with van der Waals surface area (Å²) in [5, 5.41) is 7.72. The van der Waals surface area contributed by atoms with Crippen LogP contribution in [-0.2, 0) is 6.42 Å². The Morgan fingerprint density at radius 3 is 2.40 bits per heavy atom. The normalized spacial score (nSPS) is 10.7. The molecule has 0 atom stereocenters. The van der Waals surface area contributed by atoms with Crippen molar-refractivity contribution in [3.05, 3.63) is 103 Å². The first-order chi connectivity index (χ1) is 14.8. The quantitative estimate of drug-likeness (QED) is 0.440. The summed E-state index contributed by atoms with van der Waals surface area (Å²) in [6.45, 7) is 0.634. The van der Waals surface area contributed by atoms with Crippen molar-refractivity contribution in [2.24, 2.45) is 0 Å². The molecule has 0 fully saturated rings. The van der Waals surface area contributed by atoms with Crippen LogP contribution in [0.15, 0.2) is 91.4 Å². The molecule has 4 aromatic rings. The number of aromatic nitrogens is 3. The van der Waals surface area contributed by atoms with E-state index < -0.39 is 0 Å². The summed E-state index contributed by atoms with van der Waals surface area (Å²) in [6.07, 6.45) is 8.21. The second kappa shape index (κ2) is 9.65. The molecular weight excluding hydrogens is 372 g/mol. The van der Waals surface area contributed by atoms with E-state index in [0.29, 0.717) is 17.8 Å². The number of hydrogen-bond acceptors (Lipinski definition) is 3. The first-order valence-electron chi connectivity index (χ1n) is 10.2. The van der Waals surface area contributed by atoms with Gasteiger partial charge in [0.25, 0.3) is 5.91 Å². The van der Waals surface area contributed by atoms with E-state index in [9.17, 15) is 4.79 Å². The first kappa shape index (κ1) is 19.6. The fourth-order valence-corrected chi connectivity index (χ4v) is 3.37. The minimum absolute atomic E-state index is 0.115. The second-order valence-electron chi connectivity index (χ2n) is 7.11. The van der Waals surface area contributed by atoms with Gasteiger partial charge in [-0.1, -0.05) is 48.5 Å². The number of carbonyl (C=O) groups excluding carboxylic acids is 1. The van der Waals surface area contributed by atoms with E-state index in [4.69, 9.17) is 0 Å². The number of para-hydroxylation sites is 1. The van der Waals surface area contributed by atoms with Crippen molar-refractivity contribution in [3.63, 3.8) is 0 Å². The molecule has 0 aliphatic heterocycles. The Morgan fingerprint density at radius 2 is 1.67 bits per heavy atom. The lowest BCUT2D eigenvalue weighted by Crippen LogP contribution is -2.24. The summed E-state index contributed by atoms with van der Waals surface area (Å²) in [5.74, 6) is -0.115. The van der Waals surface area contributed by atoms with E-state index in [1.807, 2.05) is 48.5 Å². The number of aryl methyl sites for hydroxylation is 1. The molecule has 5 nitrogen and oxygen atoms in total. The number of amides is 1. The number of benzene rings is 2. The lowest BCUT2D eigenvalue weighted by Gasteiger charge is -2.06. The Labute approximate surface area is 176 Å². The summed E-state index contributed by atoms with van der Waals surface area (Å²) in [7, 11) is 0. The van der Waals surface area contributed by atoms with E-state index in [1.54, 1.807) is 23.3 Å². The molecule has 1 amide bonds. The average molecular weight is 396 g/mol. The number of unbranched alkanes of at least 4 members (excludes halogenated alkanes) is 1. The fraction of sp³-hybridized carbons (Fsp3) is 0.160. The Balaban J connectivity index is 1.45. The molecule has 0 aliphatic carbocycles. The molecule has 5 heteroatoms. The van der Waals surface area contributed by atoms with E-state index in [0.717, 1.165) is 30.5 Å². The van der Waals surface area contributed by atoms with E-state index in [1.165, 1.54) is 5.56 Å². The summed E-state index contributed by atoms with van der Waals surface area (Å²) >= 11 is 0. The Kier molecular flexibility index (Phi) is 6.30. The summed E-state index contributed by atoms with van der Waals surface area (Å²) in [5.41, 5.74) is 4.24. The molecule has 4 rings (SSSR count). The average Bonchev–Trinajstić information content (AvgIpc) is 3.26. The zero-order chi connectivity index (χ0) is 20.6. The monoisotopic (exact) mass is 396 g/mol. The van der Waals surface area contributed by atoms with E-state index in [2.05, 4.69) is 39.7 Å². The number of nitrogens with one attached hydrogen (secondary N) is 1. The highest BCUT2D eigenvalue weighted by Gasteiger charge is 2.18. The first-order valence-corrected chi connectivity index (χ1v) is 10.2. The van der Waals surface area contributed by atoms with Crippen LogP contribution in [0.3, 0.4) is 0 Å². The zero-order valence-electron chi connectivity index (χ0n) is 16.7. The molecule has 0 saturated heterocycles. The van der Waals surface area contributed by atoms with Gasteiger partial charge in [0.15, 0.2) is 0 Å². The summed E-state index contributed by atoms with van der Waals surface area (Å²) < 4.78 is 1.74. The number of pyridine rings is 1. The smallest absolute Gasteiger partial charge is 0.255 e. The largest absolute Gasteiger partial charge is 0.352 e. The van der Waals surface area contributed by atoms with Crippen molar-refractivity contribution >= 4 is 5.91 Å². The third-order valence-corrected chi connectivity index (χ3v) is 4.94. The lowest BCUT2D eigenvalue weighted by atomic mass is 10.1. The zero-order valence-corrected chi connectivity index (χ0v) is 16.7. The van der Waals surface area contributed by atoms with Gasteiger partial charge >= 0.3 is 0 Å². The standard InChI is InChI=1S/C25H24N4O/c30-25(27-17-8-7-12-20-10-3-1-4-11-20)23-19-29(22-14-5-2-6-15-22)28-24(23)21-13-9-16-26-18-21/h1-6,9-11,13-16,18-19H,7-8,12,17H2,(H,27,30). The van der Waals surface area contributed by atoms with Gasteiger partial charge in [-0.25, -0.2) is 4.68 Å². The highest BCUT2D eigenvalue weighted by Crippen LogP contribution is 2.23. The van der Waals surface area contributed by atoms with Gasteiger partial charge in [-0.2, -0.15) is 5.10 Å². The topological polar surface area (TPSA) is 59.8 Å². The van der Waals surface area contributed by atoms with E-state index >= 15 is 0 Å². The maximum Gasteiger partial charge on any atom is 0.255 e. The Bertz CT molecular complexity index is 1080. The van der Waals surface area contributed by atoms with Gasteiger partial charge in [-0.3, -0.25) is 9.78 Å². The summed E-state index contributed by atoms with van der Waals surface area (Å²) in [6, 6.07) is 24.0. The number of carbonyl (C=O) groups is 1. The van der Waals surface area contributed by atoms with Crippen molar-refractivity contribution < 1.29 is 4.79 Å². The lowest BCUT2D eigenvalue weighted by molar-refractivity contribution is 0.0953. The molecule has 2 heterocycles. The highest BCUT2D eigenvalue weighted by atomic mass is 16.1. The summed E-state index contributed by atoms with van der Waals surface area (Å²) in [4.78, 5) is 17.1. The van der Waals surface area contributed by atoms with Crippen LogP contribution < -0.4 is 5.32 Å². The second-order valence-corrected chi connectivity index (χ2v) is 7.11. The van der Waals surface area contributed by atoms with Gasteiger partial charge in [0.05, 0.1) is 11.3 Å². The van der Waals surface area contributed by atoms with Crippen LogP contribution in [-0.4, -0.2) is 27.2 Å². The molecule has 0 unspecified atom stereocenters. The minimum Gasteiger partial charge on any atom is -0.352 e. The maximum absolute atomic E-state index is 12.9. The molecular formula is C25H24N4O. The minimum atomic E-state index is -0.115. The van der Waals surface area contributed by atoms with Crippen LogP contribution in [0.5, 0.6) is 0 Å². The predicted molar refractivity (Wildman–Crippen MR) is 119 cm³/mol. The molecule has 2 aromatic carbocycles. The highest BCUT2D eigenvalue weighted by molar-refractivity contribution is 5.99. The number of hydrogen-bond donors (Lipinski definition) is 1. The SMILES string of the molecule is O=C(NCCCCc1ccccc1)c1cn(-c2ccccc2)nc1-c1cccnc1. The molecule has 30 heavy (non-hydrogen) atoms. The molecule has 0 spiro atoms. The van der Waals surface area contributed by atoms with Crippen molar-refractivity contribution in [2.75, 3.05) is 6.54 Å². The van der Waals surface area contributed by atoms with Crippen LogP contribution >= 0.6 is 0 Å². The molecule has 0 aliphatic rings. The van der Waals surface area contributed by atoms with Gasteiger partial charge in [0.1, 0.15) is 5.69 Å². The number of rotatable bonds is 8. The van der Waals surface area contributed by atoms with Crippen LogP contribution in [0.25, 0.3) is 16.9 Å². The molecule has 2 aromatic heterocycles. The fourth-order valence-electron chi connectivity index (χ4n) is 3.37. The van der Waals surface area contributed by atoms with Crippen LogP contribution in [0.1, 0.15) is 28.8 Å². The van der Waals surface area contributed by atoms with Crippen molar-refractivity contribution in [1.29, 1.82) is 0 Å². The van der Waals surface area contributed by atoms with Crippen LogP contribution in [0, 0.1) is 0 Å². The van der Waals surface area contributed by atoms with Crippen molar-refractivity contribution in [3.8, 4) is 16.9 Å². The van der Waals surface area contributed by atoms with Gasteiger partial charge in [-0.05, 0) is 49.1 Å². The third-order valence-electron chi connectivity index (χ3n) is 4.94. The third kappa shape index (κ3) is 4.81. The number of nitrogens with zero attached hydrogens (tertiary/aromatic N) is 3. The Morgan fingerprint density at radius 1 is 0.900 bits per heavy atom. The van der Waals surface area contributed by atoms with Crippen LogP contribution in [0.4, 0.5) is 0 Å². The molecule has 0 saturated carbocycles. The van der Waals surface area contributed by atoms with Crippen molar-refractivity contribution in [1.82, 2.24) is 20.1 Å². The molecule has 150 valence electrons.